The summed E-state index contributed by atoms with van der Waals surface area (Å²) in [6.45, 7) is 1.77. The maximum absolute atomic E-state index is 11.5. The third-order valence-electron chi connectivity index (χ3n) is 1.71. The summed E-state index contributed by atoms with van der Waals surface area (Å²) in [7, 11) is 0. The number of H-pyrrole nitrogens is 1. The van der Waals surface area contributed by atoms with Crippen LogP contribution < -0.4 is 11.1 Å². The summed E-state index contributed by atoms with van der Waals surface area (Å²) in [4.78, 5) is 15.3. The van der Waals surface area contributed by atoms with E-state index in [1.54, 1.807) is 13.0 Å². The molecule has 17 heavy (non-hydrogen) atoms. The number of nitrogens with zero attached hydrogens (tertiary/aromatic N) is 3. The van der Waals surface area contributed by atoms with Crippen molar-refractivity contribution in [2.75, 3.05) is 16.8 Å². The van der Waals surface area contributed by atoms with Crippen molar-refractivity contribution in [2.45, 2.75) is 12.1 Å². The lowest BCUT2D eigenvalue weighted by Gasteiger charge is -1.97. The fourth-order valence-electron chi connectivity index (χ4n) is 1.05. The highest BCUT2D eigenvalue weighted by molar-refractivity contribution is 7.99. The number of nitrogen functional groups attached to an aromatic ring is 1. The average molecular weight is 254 g/mol. The van der Waals surface area contributed by atoms with Crippen LogP contribution in [0.5, 0.6) is 0 Å². The molecule has 0 saturated heterocycles. The van der Waals surface area contributed by atoms with Gasteiger partial charge >= 0.3 is 0 Å². The van der Waals surface area contributed by atoms with E-state index in [-0.39, 0.29) is 17.6 Å². The van der Waals surface area contributed by atoms with Crippen molar-refractivity contribution in [2.24, 2.45) is 0 Å². The highest BCUT2D eigenvalue weighted by atomic mass is 32.2. The van der Waals surface area contributed by atoms with Crippen LogP contribution in [0.1, 0.15) is 5.69 Å². The Balaban J connectivity index is 1.82. The Morgan fingerprint density at radius 2 is 2.53 bits per heavy atom. The van der Waals surface area contributed by atoms with Gasteiger partial charge < -0.3 is 10.3 Å². The van der Waals surface area contributed by atoms with Crippen LogP contribution in [0.15, 0.2) is 15.7 Å². The Bertz CT molecular complexity index is 522. The molecule has 1 amide bonds. The van der Waals surface area contributed by atoms with E-state index < -0.39 is 0 Å². The van der Waals surface area contributed by atoms with Crippen molar-refractivity contribution in [1.29, 1.82) is 0 Å². The molecule has 2 aromatic heterocycles. The molecule has 0 aromatic carbocycles. The first kappa shape index (κ1) is 11.5. The molecule has 2 heterocycles. The lowest BCUT2D eigenvalue weighted by atomic mass is 10.5. The van der Waals surface area contributed by atoms with E-state index in [9.17, 15) is 4.79 Å². The topological polar surface area (TPSA) is 123 Å². The lowest BCUT2D eigenvalue weighted by Crippen LogP contribution is -2.13. The van der Waals surface area contributed by atoms with Crippen LogP contribution in [-0.4, -0.2) is 32.0 Å². The van der Waals surface area contributed by atoms with E-state index in [1.807, 2.05) is 0 Å². The first-order valence-electron chi connectivity index (χ1n) is 4.67. The molecule has 0 saturated carbocycles. The lowest BCUT2D eigenvalue weighted by molar-refractivity contribution is -0.113. The molecule has 4 N–H and O–H groups in total. The molecule has 2 aromatic rings. The number of carbonyl (C=O) groups excluding carboxylic acids is 1. The van der Waals surface area contributed by atoms with Crippen molar-refractivity contribution in [3.05, 3.63) is 11.8 Å². The molecule has 8 nitrogen and oxygen atoms in total. The zero-order valence-electron chi connectivity index (χ0n) is 8.93. The van der Waals surface area contributed by atoms with Crippen LogP contribution in [0.4, 0.5) is 11.8 Å². The molecule has 0 aliphatic carbocycles. The highest BCUT2D eigenvalue weighted by Crippen LogP contribution is 2.14. The molecule has 90 valence electrons. The number of amides is 1. The smallest absolute Gasteiger partial charge is 0.237 e. The summed E-state index contributed by atoms with van der Waals surface area (Å²) in [5, 5.41) is 12.9. The van der Waals surface area contributed by atoms with Gasteiger partial charge in [-0.1, -0.05) is 16.9 Å². The third-order valence-corrected chi connectivity index (χ3v) is 2.55. The molecule has 0 aliphatic rings. The van der Waals surface area contributed by atoms with E-state index in [2.05, 4.69) is 25.7 Å². The van der Waals surface area contributed by atoms with E-state index >= 15 is 0 Å². The standard InChI is InChI=1S/C8H10N6O2S/c1-4-2-6(16-14-4)10-5(15)3-17-8-11-7(9)12-13-8/h2H,3H2,1H3,(H,10,15)(H3,9,11,12,13). The first-order valence-corrected chi connectivity index (χ1v) is 5.66. The van der Waals surface area contributed by atoms with Gasteiger partial charge in [-0.25, -0.2) is 5.10 Å². The molecular weight excluding hydrogens is 244 g/mol. The predicted molar refractivity (Wildman–Crippen MR) is 61.4 cm³/mol. The molecule has 0 radical (unpaired) electrons. The van der Waals surface area contributed by atoms with Crippen molar-refractivity contribution in [1.82, 2.24) is 20.3 Å². The summed E-state index contributed by atoms with van der Waals surface area (Å²) < 4.78 is 4.84. The van der Waals surface area contributed by atoms with Gasteiger partial charge in [-0.15, -0.1) is 5.10 Å². The van der Waals surface area contributed by atoms with E-state index in [0.717, 1.165) is 0 Å². The fourth-order valence-corrected chi connectivity index (χ4v) is 1.65. The Kier molecular flexibility index (Phi) is 3.28. The maximum atomic E-state index is 11.5. The number of hydrogen-bond acceptors (Lipinski definition) is 7. The van der Waals surface area contributed by atoms with Gasteiger partial charge in [0.05, 0.1) is 11.4 Å². The van der Waals surface area contributed by atoms with E-state index in [0.29, 0.717) is 16.7 Å². The molecule has 2 rings (SSSR count). The Labute approximate surface area is 100 Å². The largest absolute Gasteiger partial charge is 0.368 e. The van der Waals surface area contributed by atoms with Gasteiger partial charge in [0.15, 0.2) is 0 Å². The van der Waals surface area contributed by atoms with Gasteiger partial charge in [0.1, 0.15) is 0 Å². The highest BCUT2D eigenvalue weighted by Gasteiger charge is 2.09. The molecule has 0 unspecified atom stereocenters. The molecule has 0 spiro atoms. The average Bonchev–Trinajstić information content (AvgIpc) is 2.85. The van der Waals surface area contributed by atoms with Crippen molar-refractivity contribution < 1.29 is 9.32 Å². The van der Waals surface area contributed by atoms with Crippen LogP contribution >= 0.6 is 11.8 Å². The number of thioether (sulfide) groups is 1. The second-order valence-corrected chi connectivity index (χ2v) is 4.12. The summed E-state index contributed by atoms with van der Waals surface area (Å²) in [6.07, 6.45) is 0. The van der Waals surface area contributed by atoms with E-state index in [1.165, 1.54) is 11.8 Å². The van der Waals surface area contributed by atoms with Crippen LogP contribution in [-0.2, 0) is 4.79 Å². The summed E-state index contributed by atoms with van der Waals surface area (Å²) in [5.41, 5.74) is 6.05. The third kappa shape index (κ3) is 3.21. The molecule has 0 atom stereocenters. The van der Waals surface area contributed by atoms with Crippen molar-refractivity contribution in [3.63, 3.8) is 0 Å². The van der Waals surface area contributed by atoms with Crippen molar-refractivity contribution >= 4 is 29.5 Å². The van der Waals surface area contributed by atoms with Crippen LogP contribution in [0.2, 0.25) is 0 Å². The minimum absolute atomic E-state index is 0.164. The van der Waals surface area contributed by atoms with Gasteiger partial charge in [-0.3, -0.25) is 10.1 Å². The quantitative estimate of drug-likeness (QED) is 0.675. The number of aromatic nitrogens is 4. The number of nitrogens with one attached hydrogen (secondary N) is 2. The molecule has 9 heteroatoms. The predicted octanol–water partition coefficient (Wildman–Crippen LogP) is 0.414. The second-order valence-electron chi connectivity index (χ2n) is 3.17. The molecule has 0 bridgehead atoms. The number of rotatable bonds is 4. The van der Waals surface area contributed by atoms with E-state index in [4.69, 9.17) is 10.3 Å². The molecular formula is C8H10N6O2S. The first-order chi connectivity index (χ1) is 8.13. The number of anilines is 2. The fraction of sp³-hybridized carbons (Fsp3) is 0.250. The maximum Gasteiger partial charge on any atom is 0.237 e. The summed E-state index contributed by atoms with van der Waals surface area (Å²) >= 11 is 1.17. The Hall–Kier alpha value is -2.03. The second kappa shape index (κ2) is 4.87. The minimum atomic E-state index is -0.227. The summed E-state index contributed by atoms with van der Waals surface area (Å²) in [5.74, 6) is 0.479. The zero-order valence-corrected chi connectivity index (χ0v) is 9.74. The molecule has 0 fully saturated rings. The SMILES string of the molecule is Cc1cc(NC(=O)CSc2n[nH]c(N)n2)on1. The molecule has 0 aliphatic heterocycles. The number of nitrogens with two attached hydrogens (primary N) is 1. The van der Waals surface area contributed by atoms with Gasteiger partial charge in [0.25, 0.3) is 0 Å². The minimum Gasteiger partial charge on any atom is -0.368 e. The van der Waals surface area contributed by atoms with Crippen molar-refractivity contribution in [3.8, 4) is 0 Å². The van der Waals surface area contributed by atoms with Crippen LogP contribution in [0.25, 0.3) is 0 Å². The normalized spacial score (nSPS) is 10.4. The van der Waals surface area contributed by atoms with Gasteiger partial charge in [-0.2, -0.15) is 4.98 Å². The monoisotopic (exact) mass is 254 g/mol. The number of aromatic amines is 1. The Morgan fingerprint density at radius 3 is 3.12 bits per heavy atom. The van der Waals surface area contributed by atoms with Crippen LogP contribution in [0.3, 0.4) is 0 Å². The van der Waals surface area contributed by atoms with Gasteiger partial charge in [-0.05, 0) is 6.92 Å². The zero-order chi connectivity index (χ0) is 12.3. The Morgan fingerprint density at radius 1 is 1.71 bits per heavy atom. The van der Waals surface area contributed by atoms with Crippen LogP contribution in [0, 0.1) is 6.92 Å². The number of aryl methyl sites for hydroxylation is 1. The van der Waals surface area contributed by atoms with Gasteiger partial charge in [0.2, 0.25) is 22.9 Å². The van der Waals surface area contributed by atoms with Gasteiger partial charge in [0, 0.05) is 6.07 Å². The summed E-state index contributed by atoms with van der Waals surface area (Å²) in [6, 6.07) is 1.63. The number of carbonyl (C=O) groups is 1. The number of hydrogen-bond donors (Lipinski definition) is 3.